The Morgan fingerprint density at radius 2 is 2.00 bits per heavy atom. The maximum absolute atomic E-state index is 9.20. The topological polar surface area (TPSA) is 20.2 Å². The van der Waals surface area contributed by atoms with E-state index in [1.165, 1.54) is 16.0 Å². The number of hydrogen-bond acceptors (Lipinski definition) is 2. The molecular weight excluding hydrogens is 204 g/mol. The quantitative estimate of drug-likeness (QED) is 0.817. The van der Waals surface area contributed by atoms with Crippen molar-refractivity contribution < 1.29 is 5.11 Å². The van der Waals surface area contributed by atoms with Crippen molar-refractivity contribution in [2.24, 2.45) is 0 Å². The Morgan fingerprint density at radius 3 is 2.60 bits per heavy atom. The molecule has 15 heavy (non-hydrogen) atoms. The molecule has 0 bridgehead atoms. The van der Waals surface area contributed by atoms with Crippen molar-refractivity contribution in [2.45, 2.75) is 20.5 Å². The second kappa shape index (κ2) is 4.17. The van der Waals surface area contributed by atoms with E-state index in [2.05, 4.69) is 36.6 Å². The van der Waals surface area contributed by atoms with E-state index >= 15 is 0 Å². The van der Waals surface area contributed by atoms with E-state index < -0.39 is 0 Å². The van der Waals surface area contributed by atoms with Crippen LogP contribution >= 0.6 is 11.3 Å². The summed E-state index contributed by atoms with van der Waals surface area (Å²) in [6.07, 6.45) is 0. The van der Waals surface area contributed by atoms with Crippen LogP contribution in [0.5, 0.6) is 0 Å². The molecule has 1 N–H and O–H groups in total. The molecule has 2 rings (SSSR count). The first kappa shape index (κ1) is 10.4. The fraction of sp³-hybridized carbons (Fsp3) is 0.231. The largest absolute Gasteiger partial charge is 0.392 e. The second-order valence-electron chi connectivity index (χ2n) is 3.79. The molecule has 1 aromatic carbocycles. The molecule has 0 saturated heterocycles. The molecule has 0 fully saturated rings. The molecule has 0 saturated carbocycles. The molecule has 0 aliphatic rings. The average molecular weight is 218 g/mol. The minimum atomic E-state index is 0.115. The molecule has 0 unspecified atom stereocenters. The Bertz CT molecular complexity index is 471. The minimum absolute atomic E-state index is 0.115. The third kappa shape index (κ3) is 2.11. The molecule has 0 spiro atoms. The van der Waals surface area contributed by atoms with E-state index in [1.807, 2.05) is 6.92 Å². The highest BCUT2D eigenvalue weighted by atomic mass is 32.1. The van der Waals surface area contributed by atoms with Crippen LogP contribution in [0.2, 0.25) is 0 Å². The molecule has 1 heterocycles. The maximum Gasteiger partial charge on any atom is 0.0684 e. The molecule has 0 radical (unpaired) electrons. The lowest BCUT2D eigenvalue weighted by Crippen LogP contribution is -1.88. The Kier molecular flexibility index (Phi) is 2.89. The lowest BCUT2D eigenvalue weighted by molar-refractivity contribution is 0.281. The van der Waals surface area contributed by atoms with Gasteiger partial charge in [0.25, 0.3) is 0 Å². The van der Waals surface area contributed by atoms with Crippen LogP contribution in [0.3, 0.4) is 0 Å². The fourth-order valence-corrected chi connectivity index (χ4v) is 2.48. The molecule has 1 nitrogen and oxygen atoms in total. The van der Waals surface area contributed by atoms with Crippen LogP contribution in [0.1, 0.15) is 16.7 Å². The van der Waals surface area contributed by atoms with Crippen molar-refractivity contribution in [3.63, 3.8) is 0 Å². The predicted molar refractivity (Wildman–Crippen MR) is 65.2 cm³/mol. The summed E-state index contributed by atoms with van der Waals surface area (Å²) in [5.74, 6) is 0. The van der Waals surface area contributed by atoms with E-state index in [4.69, 9.17) is 0 Å². The minimum Gasteiger partial charge on any atom is -0.392 e. The van der Waals surface area contributed by atoms with Gasteiger partial charge in [-0.05, 0) is 53.6 Å². The highest BCUT2D eigenvalue weighted by molar-refractivity contribution is 7.13. The average Bonchev–Trinajstić information content (AvgIpc) is 2.66. The Labute approximate surface area is 94.0 Å². The number of aryl methyl sites for hydroxylation is 2. The number of rotatable bonds is 2. The van der Waals surface area contributed by atoms with Gasteiger partial charge in [0, 0.05) is 4.88 Å². The Morgan fingerprint density at radius 1 is 1.20 bits per heavy atom. The van der Waals surface area contributed by atoms with Crippen LogP contribution in [0.25, 0.3) is 10.4 Å². The summed E-state index contributed by atoms with van der Waals surface area (Å²) in [7, 11) is 0. The van der Waals surface area contributed by atoms with E-state index in [-0.39, 0.29) is 6.61 Å². The second-order valence-corrected chi connectivity index (χ2v) is 4.70. The lowest BCUT2D eigenvalue weighted by Gasteiger charge is -2.04. The molecule has 0 aliphatic heterocycles. The zero-order valence-corrected chi connectivity index (χ0v) is 9.77. The van der Waals surface area contributed by atoms with Crippen LogP contribution in [-0.4, -0.2) is 5.11 Å². The normalized spacial score (nSPS) is 10.6. The zero-order chi connectivity index (χ0) is 10.8. The molecule has 1 aromatic heterocycles. The van der Waals surface area contributed by atoms with Crippen molar-refractivity contribution in [1.29, 1.82) is 0 Å². The van der Waals surface area contributed by atoms with Crippen molar-refractivity contribution in [3.8, 4) is 10.4 Å². The van der Waals surface area contributed by atoms with E-state index in [9.17, 15) is 5.11 Å². The van der Waals surface area contributed by atoms with Gasteiger partial charge in [0.2, 0.25) is 0 Å². The SMILES string of the molecule is Cc1csc(-c2ccc(C)c(CO)c2)c1. The predicted octanol–water partition coefficient (Wildman–Crippen LogP) is 3.52. The van der Waals surface area contributed by atoms with Crippen LogP contribution < -0.4 is 0 Å². The lowest BCUT2D eigenvalue weighted by atomic mass is 10.0. The van der Waals surface area contributed by atoms with Gasteiger partial charge in [0.15, 0.2) is 0 Å². The summed E-state index contributed by atoms with van der Waals surface area (Å²) in [6, 6.07) is 8.42. The molecule has 0 atom stereocenters. The number of thiophene rings is 1. The van der Waals surface area contributed by atoms with Crippen molar-refractivity contribution >= 4 is 11.3 Å². The van der Waals surface area contributed by atoms with Crippen molar-refractivity contribution in [3.05, 3.63) is 46.3 Å². The standard InChI is InChI=1S/C13H14OS/c1-9-5-13(15-8-9)11-4-3-10(2)12(6-11)7-14/h3-6,8,14H,7H2,1-2H3. The van der Waals surface area contributed by atoms with E-state index in [0.717, 1.165) is 11.1 Å². The molecular formula is C13H14OS. The van der Waals surface area contributed by atoms with Crippen LogP contribution in [0.4, 0.5) is 0 Å². The van der Waals surface area contributed by atoms with Gasteiger partial charge in [-0.1, -0.05) is 12.1 Å². The highest BCUT2D eigenvalue weighted by Gasteiger charge is 2.03. The third-order valence-electron chi connectivity index (χ3n) is 2.53. The first-order chi connectivity index (χ1) is 7.20. The van der Waals surface area contributed by atoms with Crippen LogP contribution in [0.15, 0.2) is 29.6 Å². The first-order valence-electron chi connectivity index (χ1n) is 4.96. The number of aliphatic hydroxyl groups excluding tert-OH is 1. The zero-order valence-electron chi connectivity index (χ0n) is 8.95. The molecule has 0 aliphatic carbocycles. The number of benzene rings is 1. The third-order valence-corrected chi connectivity index (χ3v) is 3.63. The molecule has 2 heteroatoms. The van der Waals surface area contributed by atoms with Gasteiger partial charge in [0.1, 0.15) is 0 Å². The van der Waals surface area contributed by atoms with Gasteiger partial charge in [0.05, 0.1) is 6.61 Å². The maximum atomic E-state index is 9.20. The summed E-state index contributed by atoms with van der Waals surface area (Å²) in [6.45, 7) is 4.24. The monoisotopic (exact) mass is 218 g/mol. The Hall–Kier alpha value is -1.12. The van der Waals surface area contributed by atoms with Gasteiger partial charge in [-0.3, -0.25) is 0 Å². The van der Waals surface area contributed by atoms with Crippen molar-refractivity contribution in [2.75, 3.05) is 0 Å². The summed E-state index contributed by atoms with van der Waals surface area (Å²) >= 11 is 1.75. The molecule has 2 aromatic rings. The summed E-state index contributed by atoms with van der Waals surface area (Å²) in [5.41, 5.74) is 4.65. The fourth-order valence-electron chi connectivity index (χ4n) is 1.58. The van der Waals surface area contributed by atoms with E-state index in [1.54, 1.807) is 11.3 Å². The molecule has 0 amide bonds. The van der Waals surface area contributed by atoms with Crippen LogP contribution in [0, 0.1) is 13.8 Å². The summed E-state index contributed by atoms with van der Waals surface area (Å²) in [4.78, 5) is 1.27. The van der Waals surface area contributed by atoms with Gasteiger partial charge >= 0.3 is 0 Å². The van der Waals surface area contributed by atoms with Crippen LogP contribution in [-0.2, 0) is 6.61 Å². The molecule has 78 valence electrons. The van der Waals surface area contributed by atoms with Gasteiger partial charge in [-0.2, -0.15) is 0 Å². The van der Waals surface area contributed by atoms with E-state index in [0.29, 0.717) is 0 Å². The van der Waals surface area contributed by atoms with Gasteiger partial charge in [-0.15, -0.1) is 11.3 Å². The van der Waals surface area contributed by atoms with Gasteiger partial charge < -0.3 is 5.11 Å². The number of hydrogen-bond donors (Lipinski definition) is 1. The Balaban J connectivity index is 2.45. The summed E-state index contributed by atoms with van der Waals surface area (Å²) in [5, 5.41) is 11.3. The first-order valence-corrected chi connectivity index (χ1v) is 5.84. The number of aliphatic hydroxyl groups is 1. The van der Waals surface area contributed by atoms with Gasteiger partial charge in [-0.25, -0.2) is 0 Å². The summed E-state index contributed by atoms with van der Waals surface area (Å²) < 4.78 is 0. The van der Waals surface area contributed by atoms with Crippen molar-refractivity contribution in [1.82, 2.24) is 0 Å². The smallest absolute Gasteiger partial charge is 0.0684 e. The highest BCUT2D eigenvalue weighted by Crippen LogP contribution is 2.28.